The maximum atomic E-state index is 11.5. The number of hydrogen-bond acceptors (Lipinski definition) is 2. The lowest BCUT2D eigenvalue weighted by molar-refractivity contribution is 0.0872. The molecule has 1 unspecified atom stereocenters. The Morgan fingerprint density at radius 2 is 2.36 bits per heavy atom. The summed E-state index contributed by atoms with van der Waals surface area (Å²) < 4.78 is 5.46. The topological polar surface area (TPSA) is 41.6 Å². The summed E-state index contributed by atoms with van der Waals surface area (Å²) in [5.74, 6) is 0. The van der Waals surface area contributed by atoms with Crippen LogP contribution in [0.1, 0.15) is 26.7 Å². The monoisotopic (exact) mass is 200 g/mol. The molecule has 0 saturated carbocycles. The van der Waals surface area contributed by atoms with Gasteiger partial charge in [-0.2, -0.15) is 0 Å². The maximum absolute atomic E-state index is 11.5. The van der Waals surface area contributed by atoms with Crippen molar-refractivity contribution in [3.63, 3.8) is 0 Å². The molecule has 1 N–H and O–H groups in total. The Balaban J connectivity index is 2.25. The molecule has 0 spiro atoms. The molecule has 0 aromatic rings. The second-order valence-electron chi connectivity index (χ2n) is 4.12. The van der Waals surface area contributed by atoms with Crippen LogP contribution >= 0.6 is 0 Å². The number of ether oxygens (including phenoxy) is 1. The van der Waals surface area contributed by atoms with Gasteiger partial charge in [0.2, 0.25) is 0 Å². The van der Waals surface area contributed by atoms with Crippen molar-refractivity contribution in [1.29, 1.82) is 0 Å². The van der Waals surface area contributed by atoms with Crippen LogP contribution in [0.4, 0.5) is 4.79 Å². The molecule has 4 nitrogen and oxygen atoms in total. The molecular formula is C10H20N2O2. The van der Waals surface area contributed by atoms with Crippen LogP contribution in [0.2, 0.25) is 0 Å². The van der Waals surface area contributed by atoms with Gasteiger partial charge in [-0.25, -0.2) is 4.79 Å². The van der Waals surface area contributed by atoms with Crippen LogP contribution in [0, 0.1) is 0 Å². The van der Waals surface area contributed by atoms with Crippen molar-refractivity contribution in [3.05, 3.63) is 0 Å². The minimum atomic E-state index is -0.0181. The van der Waals surface area contributed by atoms with Crippen LogP contribution in [0.3, 0.4) is 0 Å². The maximum Gasteiger partial charge on any atom is 0.317 e. The average Bonchev–Trinajstić information content (AvgIpc) is 2.55. The summed E-state index contributed by atoms with van der Waals surface area (Å²) >= 11 is 0. The van der Waals surface area contributed by atoms with Crippen molar-refractivity contribution in [2.75, 3.05) is 20.2 Å². The molecule has 1 fully saturated rings. The molecule has 0 aromatic carbocycles. The molecule has 0 aromatic heterocycles. The largest absolute Gasteiger partial charge is 0.376 e. The first-order chi connectivity index (χ1) is 6.59. The summed E-state index contributed by atoms with van der Waals surface area (Å²) in [7, 11) is 1.80. The third kappa shape index (κ3) is 3.54. The van der Waals surface area contributed by atoms with Gasteiger partial charge in [-0.15, -0.1) is 0 Å². The zero-order valence-corrected chi connectivity index (χ0v) is 9.25. The first kappa shape index (κ1) is 11.3. The van der Waals surface area contributed by atoms with E-state index >= 15 is 0 Å². The number of amides is 2. The van der Waals surface area contributed by atoms with Crippen molar-refractivity contribution < 1.29 is 9.53 Å². The van der Waals surface area contributed by atoms with Crippen molar-refractivity contribution in [1.82, 2.24) is 10.2 Å². The predicted octanol–water partition coefficient (Wildman–Crippen LogP) is 1.22. The fourth-order valence-corrected chi connectivity index (χ4v) is 1.53. The molecule has 1 aliphatic heterocycles. The zero-order chi connectivity index (χ0) is 10.6. The van der Waals surface area contributed by atoms with Gasteiger partial charge in [0.1, 0.15) is 0 Å². The summed E-state index contributed by atoms with van der Waals surface area (Å²) in [5, 5.41) is 2.85. The normalized spacial score (nSPS) is 21.3. The second kappa shape index (κ2) is 5.20. The van der Waals surface area contributed by atoms with E-state index < -0.39 is 0 Å². The average molecular weight is 200 g/mol. The van der Waals surface area contributed by atoms with Gasteiger partial charge in [0.15, 0.2) is 0 Å². The third-order valence-electron chi connectivity index (χ3n) is 2.26. The van der Waals surface area contributed by atoms with Gasteiger partial charge >= 0.3 is 6.03 Å². The lowest BCUT2D eigenvalue weighted by atomic mass is 10.2. The molecule has 82 valence electrons. The molecule has 1 saturated heterocycles. The van der Waals surface area contributed by atoms with Gasteiger partial charge in [-0.3, -0.25) is 0 Å². The first-order valence-corrected chi connectivity index (χ1v) is 5.23. The van der Waals surface area contributed by atoms with Crippen molar-refractivity contribution >= 4 is 6.03 Å². The highest BCUT2D eigenvalue weighted by Gasteiger charge is 2.19. The van der Waals surface area contributed by atoms with Crippen LogP contribution < -0.4 is 5.32 Å². The molecule has 1 heterocycles. The van der Waals surface area contributed by atoms with E-state index in [4.69, 9.17) is 4.74 Å². The highest BCUT2D eigenvalue weighted by atomic mass is 16.5. The van der Waals surface area contributed by atoms with Gasteiger partial charge in [0.25, 0.3) is 0 Å². The number of carbonyl (C=O) groups excluding carboxylic acids is 1. The van der Waals surface area contributed by atoms with Gasteiger partial charge in [0, 0.05) is 26.2 Å². The summed E-state index contributed by atoms with van der Waals surface area (Å²) in [6.45, 7) is 5.44. The van der Waals surface area contributed by atoms with Gasteiger partial charge < -0.3 is 15.0 Å². The van der Waals surface area contributed by atoms with Crippen LogP contribution in [-0.2, 0) is 4.74 Å². The molecule has 4 heteroatoms. The van der Waals surface area contributed by atoms with E-state index in [0.717, 1.165) is 19.4 Å². The van der Waals surface area contributed by atoms with Crippen LogP contribution in [0.5, 0.6) is 0 Å². The number of nitrogens with one attached hydrogen (secondary N) is 1. The summed E-state index contributed by atoms with van der Waals surface area (Å²) in [5.41, 5.74) is 0. The molecular weight excluding hydrogens is 180 g/mol. The van der Waals surface area contributed by atoms with Gasteiger partial charge in [0.05, 0.1) is 6.10 Å². The van der Waals surface area contributed by atoms with Gasteiger partial charge in [-0.05, 0) is 26.7 Å². The van der Waals surface area contributed by atoms with E-state index in [1.807, 2.05) is 13.8 Å². The van der Waals surface area contributed by atoms with E-state index in [0.29, 0.717) is 6.54 Å². The fourth-order valence-electron chi connectivity index (χ4n) is 1.53. The SMILES string of the molecule is CC(C)NC(=O)N(C)CC1CCCO1. The molecule has 0 bridgehead atoms. The fraction of sp³-hybridized carbons (Fsp3) is 0.900. The minimum Gasteiger partial charge on any atom is -0.376 e. The van der Waals surface area contributed by atoms with Crippen molar-refractivity contribution in [3.8, 4) is 0 Å². The number of hydrogen-bond donors (Lipinski definition) is 1. The number of likely N-dealkylation sites (N-methyl/N-ethyl adjacent to an activating group) is 1. The van der Waals surface area contributed by atoms with E-state index in [2.05, 4.69) is 5.32 Å². The lowest BCUT2D eigenvalue weighted by Crippen LogP contribution is -2.43. The molecule has 1 aliphatic rings. The Bertz CT molecular complexity index is 189. The summed E-state index contributed by atoms with van der Waals surface area (Å²) in [4.78, 5) is 13.2. The highest BCUT2D eigenvalue weighted by Crippen LogP contribution is 2.12. The zero-order valence-electron chi connectivity index (χ0n) is 9.25. The second-order valence-corrected chi connectivity index (χ2v) is 4.12. The standard InChI is InChI=1S/C10H20N2O2/c1-8(2)11-10(13)12(3)7-9-5-4-6-14-9/h8-9H,4-7H2,1-3H3,(H,11,13). The van der Waals surface area contributed by atoms with E-state index in [9.17, 15) is 4.79 Å². The number of rotatable bonds is 3. The van der Waals surface area contributed by atoms with E-state index in [1.165, 1.54) is 0 Å². The Morgan fingerprint density at radius 3 is 2.86 bits per heavy atom. The minimum absolute atomic E-state index is 0.0181. The molecule has 2 amide bonds. The number of nitrogens with zero attached hydrogens (tertiary/aromatic N) is 1. The molecule has 0 aliphatic carbocycles. The summed E-state index contributed by atoms with van der Waals surface area (Å²) in [6, 6.07) is 0.171. The quantitative estimate of drug-likeness (QED) is 0.744. The smallest absolute Gasteiger partial charge is 0.317 e. The molecule has 14 heavy (non-hydrogen) atoms. The number of urea groups is 1. The van der Waals surface area contributed by atoms with Crippen molar-refractivity contribution in [2.24, 2.45) is 0 Å². The molecule has 0 radical (unpaired) electrons. The van der Waals surface area contributed by atoms with Crippen LogP contribution in [-0.4, -0.2) is 43.3 Å². The Kier molecular flexibility index (Phi) is 4.20. The predicted molar refractivity (Wildman–Crippen MR) is 55.3 cm³/mol. The third-order valence-corrected chi connectivity index (χ3v) is 2.26. The van der Waals surface area contributed by atoms with E-state index in [-0.39, 0.29) is 18.2 Å². The first-order valence-electron chi connectivity index (χ1n) is 5.23. The summed E-state index contributed by atoms with van der Waals surface area (Å²) in [6.07, 6.45) is 2.42. The van der Waals surface area contributed by atoms with Crippen LogP contribution in [0.25, 0.3) is 0 Å². The van der Waals surface area contributed by atoms with Gasteiger partial charge in [-0.1, -0.05) is 0 Å². The lowest BCUT2D eigenvalue weighted by Gasteiger charge is -2.22. The molecule has 1 atom stereocenters. The Morgan fingerprint density at radius 1 is 1.64 bits per heavy atom. The Hall–Kier alpha value is -0.770. The van der Waals surface area contributed by atoms with E-state index in [1.54, 1.807) is 11.9 Å². The van der Waals surface area contributed by atoms with Crippen LogP contribution in [0.15, 0.2) is 0 Å². The number of carbonyl (C=O) groups is 1. The molecule has 1 rings (SSSR count). The van der Waals surface area contributed by atoms with Crippen molar-refractivity contribution in [2.45, 2.75) is 38.8 Å². The highest BCUT2D eigenvalue weighted by molar-refractivity contribution is 5.74. The Labute approximate surface area is 85.6 Å².